The molecule has 3 rings (SSSR count). The summed E-state index contributed by atoms with van der Waals surface area (Å²) in [5, 5.41) is 10.4. The van der Waals surface area contributed by atoms with Gasteiger partial charge in [0.15, 0.2) is 0 Å². The van der Waals surface area contributed by atoms with Crippen LogP contribution in [0.25, 0.3) is 5.76 Å². The number of likely N-dealkylation sites (tertiary alicyclic amines) is 1. The molecule has 1 aliphatic rings. The molecule has 1 aromatic carbocycles. The number of carbonyl (C=O) groups is 2. The van der Waals surface area contributed by atoms with Crippen LogP contribution in [-0.2, 0) is 16.0 Å². The van der Waals surface area contributed by atoms with Gasteiger partial charge >= 0.3 is 0 Å². The molecule has 23 heavy (non-hydrogen) atoms. The third-order valence-corrected chi connectivity index (χ3v) is 3.77. The maximum Gasteiger partial charge on any atom is 0.294 e. The summed E-state index contributed by atoms with van der Waals surface area (Å²) in [7, 11) is 1.50. The molecule has 5 nitrogen and oxygen atoms in total. The summed E-state index contributed by atoms with van der Waals surface area (Å²) in [6, 6.07) is 7.44. The molecule has 0 unspecified atom stereocenters. The number of rotatable bonds is 3. The number of nitrogens with zero attached hydrogens (tertiary/aromatic N) is 1. The van der Waals surface area contributed by atoms with Gasteiger partial charge in [-0.1, -0.05) is 12.1 Å². The zero-order valence-corrected chi connectivity index (χ0v) is 12.4. The van der Waals surface area contributed by atoms with Crippen molar-refractivity contribution in [1.29, 1.82) is 0 Å². The highest BCUT2D eigenvalue weighted by atomic mass is 19.1. The number of aliphatic hydroxyl groups excluding tert-OH is 1. The lowest BCUT2D eigenvalue weighted by Gasteiger charge is -2.06. The number of hydrogen-bond donors (Lipinski definition) is 1. The van der Waals surface area contributed by atoms with Gasteiger partial charge in [-0.2, -0.15) is 0 Å². The lowest BCUT2D eigenvalue weighted by atomic mass is 10.0. The summed E-state index contributed by atoms with van der Waals surface area (Å²) in [5.41, 5.74) is 1.21. The van der Waals surface area contributed by atoms with E-state index in [1.165, 1.54) is 36.4 Å². The van der Waals surface area contributed by atoms with Crippen LogP contribution in [0.1, 0.15) is 16.9 Å². The van der Waals surface area contributed by atoms with Gasteiger partial charge < -0.3 is 14.4 Å². The summed E-state index contributed by atoms with van der Waals surface area (Å²) in [6.45, 7) is 0.0602. The standard InChI is InChI=1S/C17H14FNO4/c1-19-9-13(16(21)17(19)22)15(20)12-6-7-23-14(12)8-10-2-4-11(18)5-3-10/h2-7,20H,8-9H2,1H3/b15-13+. The fourth-order valence-corrected chi connectivity index (χ4v) is 2.50. The monoisotopic (exact) mass is 315 g/mol. The molecule has 2 heterocycles. The molecule has 0 aliphatic carbocycles. The molecule has 2 aromatic rings. The lowest BCUT2D eigenvalue weighted by Crippen LogP contribution is -2.22. The second-order valence-corrected chi connectivity index (χ2v) is 5.38. The Hall–Kier alpha value is -2.89. The van der Waals surface area contributed by atoms with Crippen LogP contribution in [0.15, 0.2) is 46.6 Å². The molecule has 6 heteroatoms. The summed E-state index contributed by atoms with van der Waals surface area (Å²) in [6.07, 6.45) is 1.73. The number of halogens is 1. The molecule has 1 aromatic heterocycles. The first kappa shape index (κ1) is 15.0. The number of likely N-dealkylation sites (N-methyl/N-ethyl adjacent to an activating group) is 1. The number of carbonyl (C=O) groups excluding carboxylic acids is 2. The van der Waals surface area contributed by atoms with Crippen molar-refractivity contribution in [3.05, 3.63) is 64.9 Å². The Morgan fingerprint density at radius 1 is 1.26 bits per heavy atom. The molecular weight excluding hydrogens is 301 g/mol. The second-order valence-electron chi connectivity index (χ2n) is 5.38. The summed E-state index contributed by atoms with van der Waals surface area (Å²) < 4.78 is 18.3. The van der Waals surface area contributed by atoms with Gasteiger partial charge in [0.25, 0.3) is 11.7 Å². The van der Waals surface area contributed by atoms with Gasteiger partial charge in [0.05, 0.1) is 23.9 Å². The van der Waals surface area contributed by atoms with Gasteiger partial charge in [0.2, 0.25) is 0 Å². The van der Waals surface area contributed by atoms with Gasteiger partial charge in [0, 0.05) is 13.5 Å². The zero-order valence-electron chi connectivity index (χ0n) is 12.4. The van der Waals surface area contributed by atoms with Crippen molar-refractivity contribution in [2.75, 3.05) is 13.6 Å². The minimum absolute atomic E-state index is 0.0549. The highest BCUT2D eigenvalue weighted by molar-refractivity contribution is 6.46. The normalized spacial score (nSPS) is 17.0. The number of ketones is 1. The highest BCUT2D eigenvalue weighted by Gasteiger charge is 2.35. The molecule has 0 spiro atoms. The fourth-order valence-electron chi connectivity index (χ4n) is 2.50. The van der Waals surface area contributed by atoms with Crippen molar-refractivity contribution in [3.63, 3.8) is 0 Å². The van der Waals surface area contributed by atoms with Crippen LogP contribution in [0.2, 0.25) is 0 Å². The van der Waals surface area contributed by atoms with Crippen molar-refractivity contribution in [3.8, 4) is 0 Å². The van der Waals surface area contributed by atoms with E-state index >= 15 is 0 Å². The molecule has 0 saturated carbocycles. The maximum absolute atomic E-state index is 12.9. The van der Waals surface area contributed by atoms with Crippen LogP contribution in [0.4, 0.5) is 4.39 Å². The van der Waals surface area contributed by atoms with E-state index in [9.17, 15) is 19.1 Å². The Morgan fingerprint density at radius 2 is 1.96 bits per heavy atom. The van der Waals surface area contributed by atoms with Crippen molar-refractivity contribution in [1.82, 2.24) is 4.90 Å². The number of hydrogen-bond acceptors (Lipinski definition) is 4. The van der Waals surface area contributed by atoms with Crippen molar-refractivity contribution < 1.29 is 23.5 Å². The Morgan fingerprint density at radius 3 is 2.57 bits per heavy atom. The van der Waals surface area contributed by atoms with Crippen LogP contribution in [0, 0.1) is 5.82 Å². The summed E-state index contributed by atoms with van der Waals surface area (Å²) in [4.78, 5) is 24.7. The zero-order chi connectivity index (χ0) is 16.6. The number of benzene rings is 1. The molecular formula is C17H14FNO4. The molecule has 1 fully saturated rings. The molecule has 0 bridgehead atoms. The Balaban J connectivity index is 1.93. The van der Waals surface area contributed by atoms with E-state index in [0.29, 0.717) is 17.7 Å². The van der Waals surface area contributed by atoms with E-state index in [2.05, 4.69) is 0 Å². The lowest BCUT2D eigenvalue weighted by molar-refractivity contribution is -0.138. The molecule has 118 valence electrons. The van der Waals surface area contributed by atoms with E-state index in [1.807, 2.05) is 0 Å². The Labute approximate surface area is 131 Å². The molecule has 1 saturated heterocycles. The van der Waals surface area contributed by atoms with Crippen molar-refractivity contribution >= 4 is 17.4 Å². The Bertz CT molecular complexity index is 804. The van der Waals surface area contributed by atoms with Gasteiger partial charge in [-0.3, -0.25) is 9.59 Å². The third kappa shape index (κ3) is 2.75. The summed E-state index contributed by atoms with van der Waals surface area (Å²) >= 11 is 0. The first-order valence-corrected chi connectivity index (χ1v) is 7.00. The van der Waals surface area contributed by atoms with Crippen LogP contribution in [-0.4, -0.2) is 35.3 Å². The van der Waals surface area contributed by atoms with E-state index in [-0.39, 0.29) is 23.7 Å². The third-order valence-electron chi connectivity index (χ3n) is 3.77. The van der Waals surface area contributed by atoms with Gasteiger partial charge in [-0.05, 0) is 23.8 Å². The SMILES string of the molecule is CN1C/C(=C(\O)c2ccoc2Cc2ccc(F)cc2)C(=O)C1=O. The first-order chi connectivity index (χ1) is 11.0. The van der Waals surface area contributed by atoms with Crippen molar-refractivity contribution in [2.45, 2.75) is 6.42 Å². The average Bonchev–Trinajstić information content (AvgIpc) is 3.09. The average molecular weight is 315 g/mol. The predicted octanol–water partition coefficient (Wildman–Crippen LogP) is 2.32. The van der Waals surface area contributed by atoms with E-state index in [4.69, 9.17) is 4.42 Å². The Kier molecular flexibility index (Phi) is 3.73. The number of aliphatic hydroxyl groups is 1. The minimum atomic E-state index is -0.709. The predicted molar refractivity (Wildman–Crippen MR) is 80.1 cm³/mol. The topological polar surface area (TPSA) is 70.8 Å². The molecule has 1 amide bonds. The maximum atomic E-state index is 12.9. The van der Waals surface area contributed by atoms with E-state index in [0.717, 1.165) is 5.56 Å². The van der Waals surface area contributed by atoms with Crippen LogP contribution in [0.5, 0.6) is 0 Å². The largest absolute Gasteiger partial charge is 0.507 e. The molecule has 1 aliphatic heterocycles. The highest BCUT2D eigenvalue weighted by Crippen LogP contribution is 2.27. The number of Topliss-reactive ketones (excluding diaryl/α,β-unsaturated/α-hetero) is 1. The minimum Gasteiger partial charge on any atom is -0.507 e. The van der Waals surface area contributed by atoms with E-state index < -0.39 is 11.7 Å². The van der Waals surface area contributed by atoms with Crippen LogP contribution < -0.4 is 0 Å². The van der Waals surface area contributed by atoms with Gasteiger partial charge in [-0.25, -0.2) is 4.39 Å². The van der Waals surface area contributed by atoms with Gasteiger partial charge in [-0.15, -0.1) is 0 Å². The first-order valence-electron chi connectivity index (χ1n) is 7.00. The fraction of sp³-hybridized carbons (Fsp3) is 0.176. The van der Waals surface area contributed by atoms with E-state index in [1.54, 1.807) is 12.1 Å². The smallest absolute Gasteiger partial charge is 0.294 e. The van der Waals surface area contributed by atoms with Crippen molar-refractivity contribution in [2.24, 2.45) is 0 Å². The van der Waals surface area contributed by atoms with Crippen LogP contribution >= 0.6 is 0 Å². The number of furan rings is 1. The molecule has 0 radical (unpaired) electrons. The second kappa shape index (κ2) is 5.72. The van der Waals surface area contributed by atoms with Gasteiger partial charge in [0.1, 0.15) is 17.3 Å². The van der Waals surface area contributed by atoms with Crippen LogP contribution in [0.3, 0.4) is 0 Å². The number of amides is 1. The summed E-state index contributed by atoms with van der Waals surface area (Å²) in [5.74, 6) is -1.50. The molecule has 1 N–H and O–H groups in total. The molecule has 0 atom stereocenters. The quantitative estimate of drug-likeness (QED) is 0.536.